The van der Waals surface area contributed by atoms with Crippen LogP contribution in [0.3, 0.4) is 0 Å². The van der Waals surface area contributed by atoms with Crippen molar-refractivity contribution in [1.82, 2.24) is 24.4 Å². The topological polar surface area (TPSA) is 73.1 Å². The molecule has 0 N–H and O–H groups in total. The molecule has 26 heavy (non-hydrogen) atoms. The van der Waals surface area contributed by atoms with E-state index in [0.29, 0.717) is 18.8 Å². The fraction of sp³-hybridized carbons (Fsp3) is 0.263. The lowest BCUT2D eigenvalue weighted by Crippen LogP contribution is -2.43. The van der Waals surface area contributed by atoms with Crippen molar-refractivity contribution in [3.8, 4) is 5.75 Å². The van der Waals surface area contributed by atoms with Crippen LogP contribution in [0.15, 0.2) is 61.4 Å². The Morgan fingerprint density at radius 3 is 2.85 bits per heavy atom. The molecule has 1 aromatic carbocycles. The molecule has 1 amide bonds. The quantitative estimate of drug-likeness (QED) is 0.722. The Kier molecular flexibility index (Phi) is 4.59. The molecule has 0 radical (unpaired) electrons. The first kappa shape index (κ1) is 16.3. The van der Waals surface area contributed by atoms with Crippen LogP contribution >= 0.6 is 0 Å². The SMILES string of the molecule is O=C(c1cnccn1)N1Cc2cncn2CC[C@@H]1COc1ccccc1. The molecule has 2 aromatic heterocycles. The Labute approximate surface area is 151 Å². The molecule has 0 bridgehead atoms. The van der Waals surface area contributed by atoms with Crippen LogP contribution in [0, 0.1) is 0 Å². The number of aryl methyl sites for hydroxylation is 1. The number of carbonyl (C=O) groups is 1. The third kappa shape index (κ3) is 3.42. The fourth-order valence-electron chi connectivity index (χ4n) is 3.11. The summed E-state index contributed by atoms with van der Waals surface area (Å²) in [6.45, 7) is 1.69. The smallest absolute Gasteiger partial charge is 0.274 e. The van der Waals surface area contributed by atoms with Crippen molar-refractivity contribution in [2.75, 3.05) is 6.61 Å². The number of amides is 1. The second kappa shape index (κ2) is 7.35. The van der Waals surface area contributed by atoms with Crippen LogP contribution in [0.1, 0.15) is 22.6 Å². The third-order valence-electron chi connectivity index (χ3n) is 4.50. The van der Waals surface area contributed by atoms with Gasteiger partial charge in [0.2, 0.25) is 0 Å². The molecule has 0 saturated carbocycles. The van der Waals surface area contributed by atoms with E-state index in [2.05, 4.69) is 19.5 Å². The van der Waals surface area contributed by atoms with Crippen molar-refractivity contribution in [2.45, 2.75) is 25.6 Å². The van der Waals surface area contributed by atoms with Crippen molar-refractivity contribution in [2.24, 2.45) is 0 Å². The number of para-hydroxylation sites is 1. The molecule has 1 aliphatic heterocycles. The Morgan fingerprint density at radius 1 is 1.15 bits per heavy atom. The zero-order chi connectivity index (χ0) is 17.8. The maximum absolute atomic E-state index is 13.0. The molecule has 3 aromatic rings. The predicted molar refractivity (Wildman–Crippen MR) is 94.5 cm³/mol. The van der Waals surface area contributed by atoms with E-state index in [1.165, 1.54) is 12.4 Å². The molecule has 3 heterocycles. The molecule has 0 aliphatic carbocycles. The highest BCUT2D eigenvalue weighted by Crippen LogP contribution is 2.21. The van der Waals surface area contributed by atoms with Crippen molar-refractivity contribution in [1.29, 1.82) is 0 Å². The molecule has 7 nitrogen and oxygen atoms in total. The Balaban J connectivity index is 1.57. The van der Waals surface area contributed by atoms with E-state index >= 15 is 0 Å². The number of aromatic nitrogens is 4. The monoisotopic (exact) mass is 349 g/mol. The molecule has 132 valence electrons. The Morgan fingerprint density at radius 2 is 2.04 bits per heavy atom. The van der Waals surface area contributed by atoms with Crippen LogP contribution in [-0.2, 0) is 13.1 Å². The minimum absolute atomic E-state index is 0.0652. The highest BCUT2D eigenvalue weighted by molar-refractivity contribution is 5.92. The summed E-state index contributed by atoms with van der Waals surface area (Å²) in [5, 5.41) is 0. The van der Waals surface area contributed by atoms with Gasteiger partial charge in [0, 0.05) is 25.1 Å². The number of nitrogens with zero attached hydrogens (tertiary/aromatic N) is 5. The second-order valence-corrected chi connectivity index (χ2v) is 6.17. The minimum Gasteiger partial charge on any atom is -0.491 e. The fourth-order valence-corrected chi connectivity index (χ4v) is 3.11. The maximum Gasteiger partial charge on any atom is 0.274 e. The molecular formula is C19H19N5O2. The zero-order valence-corrected chi connectivity index (χ0v) is 14.2. The average molecular weight is 349 g/mol. The molecule has 0 fully saturated rings. The number of hydrogen-bond acceptors (Lipinski definition) is 5. The largest absolute Gasteiger partial charge is 0.491 e. The van der Waals surface area contributed by atoms with Gasteiger partial charge in [0.1, 0.15) is 18.1 Å². The molecule has 0 spiro atoms. The van der Waals surface area contributed by atoms with Gasteiger partial charge in [-0.2, -0.15) is 0 Å². The third-order valence-corrected chi connectivity index (χ3v) is 4.50. The van der Waals surface area contributed by atoms with Crippen LogP contribution in [-0.4, -0.2) is 43.0 Å². The van der Waals surface area contributed by atoms with Gasteiger partial charge in [-0.1, -0.05) is 18.2 Å². The van der Waals surface area contributed by atoms with E-state index in [1.54, 1.807) is 18.7 Å². The van der Waals surface area contributed by atoms with Gasteiger partial charge in [-0.3, -0.25) is 9.78 Å². The Bertz CT molecular complexity index is 866. The molecule has 1 aliphatic rings. The van der Waals surface area contributed by atoms with Gasteiger partial charge in [0.15, 0.2) is 0 Å². The van der Waals surface area contributed by atoms with E-state index in [9.17, 15) is 4.79 Å². The summed E-state index contributed by atoms with van der Waals surface area (Å²) in [5.74, 6) is 0.652. The standard InChI is InChI=1S/C19H19N5O2/c25-19(18-11-20-7-8-22-18)24-12-16-10-21-14-23(16)9-6-15(24)13-26-17-4-2-1-3-5-17/h1-5,7-8,10-11,14-15H,6,9,12-13H2/t15-/m1/s1. The summed E-state index contributed by atoms with van der Waals surface area (Å²) in [6, 6.07) is 9.58. The number of imidazole rings is 1. The summed E-state index contributed by atoms with van der Waals surface area (Å²) < 4.78 is 8.02. The van der Waals surface area contributed by atoms with Crippen LogP contribution in [0.4, 0.5) is 0 Å². The highest BCUT2D eigenvalue weighted by atomic mass is 16.5. The maximum atomic E-state index is 13.0. The van der Waals surface area contributed by atoms with Gasteiger partial charge in [0.05, 0.1) is 30.8 Å². The van der Waals surface area contributed by atoms with E-state index in [1.807, 2.05) is 35.2 Å². The lowest BCUT2D eigenvalue weighted by Gasteiger charge is -2.29. The molecule has 0 unspecified atom stereocenters. The number of benzene rings is 1. The number of fused-ring (bicyclic) bond motifs is 1. The number of hydrogen-bond donors (Lipinski definition) is 0. The molecule has 0 saturated heterocycles. The normalized spacial score (nSPS) is 16.6. The van der Waals surface area contributed by atoms with Gasteiger partial charge in [-0.05, 0) is 18.6 Å². The average Bonchev–Trinajstić information content (AvgIpc) is 3.07. The van der Waals surface area contributed by atoms with E-state index in [0.717, 1.165) is 24.4 Å². The Hall–Kier alpha value is -3.22. The van der Waals surface area contributed by atoms with Crippen molar-refractivity contribution >= 4 is 5.91 Å². The zero-order valence-electron chi connectivity index (χ0n) is 14.2. The number of rotatable bonds is 4. The van der Waals surface area contributed by atoms with Crippen molar-refractivity contribution < 1.29 is 9.53 Å². The summed E-state index contributed by atoms with van der Waals surface area (Å²) >= 11 is 0. The molecule has 7 heteroatoms. The number of ether oxygens (including phenoxy) is 1. The second-order valence-electron chi connectivity index (χ2n) is 6.17. The van der Waals surface area contributed by atoms with Crippen molar-refractivity contribution in [3.63, 3.8) is 0 Å². The summed E-state index contributed by atoms with van der Waals surface area (Å²) in [5.41, 5.74) is 1.34. The van der Waals surface area contributed by atoms with E-state index in [4.69, 9.17) is 4.74 Å². The summed E-state index contributed by atoms with van der Waals surface area (Å²) in [6.07, 6.45) is 8.98. The van der Waals surface area contributed by atoms with Gasteiger partial charge in [-0.15, -0.1) is 0 Å². The van der Waals surface area contributed by atoms with Crippen LogP contribution in [0.25, 0.3) is 0 Å². The minimum atomic E-state index is -0.144. The molecule has 1 atom stereocenters. The first-order chi connectivity index (χ1) is 12.8. The van der Waals surface area contributed by atoms with Gasteiger partial charge >= 0.3 is 0 Å². The number of carbonyl (C=O) groups excluding carboxylic acids is 1. The summed E-state index contributed by atoms with van der Waals surface area (Å²) in [7, 11) is 0. The summed E-state index contributed by atoms with van der Waals surface area (Å²) in [4.78, 5) is 27.2. The van der Waals surface area contributed by atoms with Crippen molar-refractivity contribution in [3.05, 3.63) is 72.8 Å². The van der Waals surface area contributed by atoms with Crippen LogP contribution in [0.5, 0.6) is 5.75 Å². The molecular weight excluding hydrogens is 330 g/mol. The first-order valence-corrected chi connectivity index (χ1v) is 8.55. The predicted octanol–water partition coefficient (Wildman–Crippen LogP) is 2.17. The van der Waals surface area contributed by atoms with E-state index < -0.39 is 0 Å². The van der Waals surface area contributed by atoms with Crippen LogP contribution in [0.2, 0.25) is 0 Å². The van der Waals surface area contributed by atoms with Gasteiger partial charge < -0.3 is 14.2 Å². The highest BCUT2D eigenvalue weighted by Gasteiger charge is 2.30. The first-order valence-electron chi connectivity index (χ1n) is 8.55. The van der Waals surface area contributed by atoms with Crippen LogP contribution < -0.4 is 4.74 Å². The van der Waals surface area contributed by atoms with Gasteiger partial charge in [-0.25, -0.2) is 9.97 Å². The lowest BCUT2D eigenvalue weighted by atomic mass is 10.1. The molecule has 4 rings (SSSR count). The van der Waals surface area contributed by atoms with Gasteiger partial charge in [0.25, 0.3) is 5.91 Å². The van der Waals surface area contributed by atoms with E-state index in [-0.39, 0.29) is 11.9 Å². The lowest BCUT2D eigenvalue weighted by molar-refractivity contribution is 0.0582.